The number of nitrogens with zero attached hydrogens (tertiary/aromatic N) is 3. The van der Waals surface area contributed by atoms with Crippen LogP contribution in [0.15, 0.2) is 35.4 Å². The highest BCUT2D eigenvalue weighted by Crippen LogP contribution is 2.24. The molecule has 5 heteroatoms. The van der Waals surface area contributed by atoms with E-state index >= 15 is 0 Å². The van der Waals surface area contributed by atoms with Gasteiger partial charge < -0.3 is 5.32 Å². The Morgan fingerprint density at radius 3 is 2.94 bits per heavy atom. The molecule has 0 saturated heterocycles. The molecule has 0 unspecified atom stereocenters. The number of fused-ring (bicyclic) bond motifs is 1. The first-order valence-electron chi connectivity index (χ1n) is 4.45. The molecule has 4 nitrogen and oxygen atoms in total. The van der Waals surface area contributed by atoms with Crippen molar-refractivity contribution in [1.82, 2.24) is 4.37 Å². The average molecular weight is 226 g/mol. The molecule has 0 aliphatic rings. The lowest BCUT2D eigenvalue weighted by Gasteiger charge is -2.01. The van der Waals surface area contributed by atoms with E-state index in [-0.39, 0.29) is 5.57 Å². The maximum Gasteiger partial charge on any atom is 0.145 e. The van der Waals surface area contributed by atoms with E-state index in [4.69, 9.17) is 10.5 Å². The van der Waals surface area contributed by atoms with Crippen molar-refractivity contribution in [1.29, 1.82) is 10.5 Å². The first-order valence-corrected chi connectivity index (χ1v) is 5.29. The molecule has 2 aromatic rings. The van der Waals surface area contributed by atoms with Gasteiger partial charge in [0, 0.05) is 22.7 Å². The molecule has 0 spiro atoms. The monoisotopic (exact) mass is 226 g/mol. The minimum atomic E-state index is 0.0418. The van der Waals surface area contributed by atoms with Crippen molar-refractivity contribution >= 4 is 28.1 Å². The van der Waals surface area contributed by atoms with E-state index < -0.39 is 0 Å². The third-order valence-electron chi connectivity index (χ3n) is 2.02. The van der Waals surface area contributed by atoms with Gasteiger partial charge >= 0.3 is 0 Å². The zero-order chi connectivity index (χ0) is 11.4. The van der Waals surface area contributed by atoms with E-state index in [9.17, 15) is 0 Å². The number of rotatable bonds is 2. The van der Waals surface area contributed by atoms with Crippen molar-refractivity contribution in [2.45, 2.75) is 0 Å². The van der Waals surface area contributed by atoms with E-state index in [1.165, 1.54) is 17.7 Å². The van der Waals surface area contributed by atoms with Gasteiger partial charge in [-0.2, -0.15) is 14.9 Å². The summed E-state index contributed by atoms with van der Waals surface area (Å²) < 4.78 is 4.20. The number of aromatic nitrogens is 1. The van der Waals surface area contributed by atoms with E-state index in [1.54, 1.807) is 12.1 Å². The second kappa shape index (κ2) is 4.43. The highest BCUT2D eigenvalue weighted by Gasteiger charge is 2.01. The SMILES string of the molecule is N#CC(C#N)=CNc1cccc2nscc12. The third-order valence-corrected chi connectivity index (χ3v) is 2.66. The van der Waals surface area contributed by atoms with Gasteiger partial charge in [-0.05, 0) is 23.7 Å². The van der Waals surface area contributed by atoms with Crippen LogP contribution in [0.2, 0.25) is 0 Å². The predicted molar refractivity (Wildman–Crippen MR) is 62.6 cm³/mol. The maximum absolute atomic E-state index is 8.59. The first-order chi connectivity index (χ1) is 7.85. The predicted octanol–water partition coefficient (Wildman–Crippen LogP) is 2.64. The molecular weight excluding hydrogens is 220 g/mol. The summed E-state index contributed by atoms with van der Waals surface area (Å²) in [6.07, 6.45) is 1.40. The molecular formula is C11H6N4S. The Kier molecular flexibility index (Phi) is 2.81. The van der Waals surface area contributed by atoms with E-state index in [0.717, 1.165) is 16.6 Å². The van der Waals surface area contributed by atoms with Gasteiger partial charge in [-0.25, -0.2) is 0 Å². The second-order valence-corrected chi connectivity index (χ2v) is 3.61. The number of nitriles is 2. The Morgan fingerprint density at radius 2 is 2.19 bits per heavy atom. The number of anilines is 1. The summed E-state index contributed by atoms with van der Waals surface area (Å²) in [6.45, 7) is 0. The molecule has 0 bridgehead atoms. The van der Waals surface area contributed by atoms with Crippen LogP contribution >= 0.6 is 11.5 Å². The molecule has 16 heavy (non-hydrogen) atoms. The van der Waals surface area contributed by atoms with Crippen LogP contribution in [0.3, 0.4) is 0 Å². The topological polar surface area (TPSA) is 72.5 Å². The lowest BCUT2D eigenvalue weighted by atomic mass is 10.2. The van der Waals surface area contributed by atoms with Crippen LogP contribution < -0.4 is 5.32 Å². The molecule has 0 amide bonds. The summed E-state index contributed by atoms with van der Waals surface area (Å²) in [6, 6.07) is 9.24. The summed E-state index contributed by atoms with van der Waals surface area (Å²) in [5, 5.41) is 23.0. The molecule has 76 valence electrons. The number of hydrogen-bond acceptors (Lipinski definition) is 5. The average Bonchev–Trinajstić information content (AvgIpc) is 2.79. The van der Waals surface area contributed by atoms with Crippen molar-refractivity contribution in [2.75, 3.05) is 5.32 Å². The van der Waals surface area contributed by atoms with Crippen LogP contribution in [0.25, 0.3) is 10.9 Å². The van der Waals surface area contributed by atoms with Crippen molar-refractivity contribution in [3.63, 3.8) is 0 Å². The van der Waals surface area contributed by atoms with Gasteiger partial charge in [0.05, 0.1) is 5.52 Å². The van der Waals surface area contributed by atoms with Crippen LogP contribution in [-0.4, -0.2) is 4.37 Å². The highest BCUT2D eigenvalue weighted by atomic mass is 32.1. The maximum atomic E-state index is 8.59. The molecule has 0 aliphatic carbocycles. The summed E-state index contributed by atoms with van der Waals surface area (Å²) in [5.41, 5.74) is 1.79. The minimum absolute atomic E-state index is 0.0418. The zero-order valence-corrected chi connectivity index (χ0v) is 8.95. The Bertz CT molecular complexity index is 611. The van der Waals surface area contributed by atoms with Crippen molar-refractivity contribution in [3.8, 4) is 12.1 Å². The Balaban J connectivity index is 2.36. The highest BCUT2D eigenvalue weighted by molar-refractivity contribution is 7.04. The normalized spacial score (nSPS) is 9.12. The van der Waals surface area contributed by atoms with Crippen molar-refractivity contribution in [2.24, 2.45) is 0 Å². The van der Waals surface area contributed by atoms with Crippen LogP contribution in [-0.2, 0) is 0 Å². The van der Waals surface area contributed by atoms with Crippen LogP contribution in [0.4, 0.5) is 5.69 Å². The summed E-state index contributed by atoms with van der Waals surface area (Å²) in [4.78, 5) is 0. The summed E-state index contributed by atoms with van der Waals surface area (Å²) in [7, 11) is 0. The Hall–Kier alpha value is -2.37. The molecule has 1 heterocycles. The van der Waals surface area contributed by atoms with Crippen LogP contribution in [0.5, 0.6) is 0 Å². The van der Waals surface area contributed by atoms with E-state index in [0.29, 0.717) is 0 Å². The lowest BCUT2D eigenvalue weighted by Crippen LogP contribution is -1.89. The minimum Gasteiger partial charge on any atom is -0.359 e. The molecule has 0 aliphatic heterocycles. The van der Waals surface area contributed by atoms with Gasteiger partial charge in [0.1, 0.15) is 17.7 Å². The van der Waals surface area contributed by atoms with Crippen LogP contribution in [0.1, 0.15) is 0 Å². The molecule has 0 radical (unpaired) electrons. The van der Waals surface area contributed by atoms with E-state index in [2.05, 4.69) is 9.69 Å². The van der Waals surface area contributed by atoms with Crippen molar-refractivity contribution < 1.29 is 0 Å². The molecule has 0 saturated carbocycles. The van der Waals surface area contributed by atoms with Gasteiger partial charge in [0.25, 0.3) is 0 Å². The quantitative estimate of drug-likeness (QED) is 0.799. The Labute approximate surface area is 96.2 Å². The first kappa shape index (κ1) is 10.2. The molecule has 0 atom stereocenters. The summed E-state index contributed by atoms with van der Waals surface area (Å²) in [5.74, 6) is 0. The standard InChI is InChI=1S/C11H6N4S/c12-4-8(5-13)6-14-10-2-1-3-11-9(10)7-16-15-11/h1-3,6-7,14H. The molecule has 0 fully saturated rings. The Morgan fingerprint density at radius 1 is 1.38 bits per heavy atom. The molecule has 1 N–H and O–H groups in total. The van der Waals surface area contributed by atoms with Gasteiger partial charge in [0.2, 0.25) is 0 Å². The largest absolute Gasteiger partial charge is 0.359 e. The van der Waals surface area contributed by atoms with Gasteiger partial charge in [-0.15, -0.1) is 0 Å². The summed E-state index contributed by atoms with van der Waals surface area (Å²) >= 11 is 1.37. The second-order valence-electron chi connectivity index (χ2n) is 2.98. The number of benzene rings is 1. The van der Waals surface area contributed by atoms with Crippen molar-refractivity contribution in [3.05, 3.63) is 35.4 Å². The fraction of sp³-hybridized carbons (Fsp3) is 0. The molecule has 1 aromatic heterocycles. The number of hydrogen-bond donors (Lipinski definition) is 1. The lowest BCUT2D eigenvalue weighted by molar-refractivity contribution is 1.45. The molecule has 2 rings (SSSR count). The molecule has 1 aromatic carbocycles. The smallest absolute Gasteiger partial charge is 0.145 e. The third kappa shape index (κ3) is 1.85. The van der Waals surface area contributed by atoms with Crippen LogP contribution in [0, 0.1) is 22.7 Å². The van der Waals surface area contributed by atoms with Gasteiger partial charge in [-0.3, -0.25) is 0 Å². The van der Waals surface area contributed by atoms with Gasteiger partial charge in [-0.1, -0.05) is 6.07 Å². The van der Waals surface area contributed by atoms with E-state index in [1.807, 2.05) is 23.6 Å². The number of allylic oxidation sites excluding steroid dienone is 1. The fourth-order valence-corrected chi connectivity index (χ4v) is 1.94. The fourth-order valence-electron chi connectivity index (χ4n) is 1.26. The number of nitrogens with one attached hydrogen (secondary N) is 1. The zero-order valence-electron chi connectivity index (χ0n) is 8.14. The van der Waals surface area contributed by atoms with Gasteiger partial charge in [0.15, 0.2) is 0 Å².